The second kappa shape index (κ2) is 7.33. The van der Waals surface area contributed by atoms with Crippen LogP contribution in [0.25, 0.3) is 16.6 Å². The summed E-state index contributed by atoms with van der Waals surface area (Å²) in [5, 5.41) is 3.95. The number of benzene rings is 3. The number of methoxy groups -OCH3 is 1. The molecule has 27 heavy (non-hydrogen) atoms. The smallest absolute Gasteiger partial charge is 0.267 e. The zero-order valence-electron chi connectivity index (χ0n) is 14.9. The Morgan fingerprint density at radius 2 is 1.74 bits per heavy atom. The molecule has 1 heterocycles. The van der Waals surface area contributed by atoms with Gasteiger partial charge in [0, 0.05) is 12.2 Å². The van der Waals surface area contributed by atoms with E-state index in [4.69, 9.17) is 4.74 Å². The molecule has 0 saturated carbocycles. The molecule has 1 aromatic heterocycles. The van der Waals surface area contributed by atoms with E-state index in [0.717, 1.165) is 22.7 Å². The number of para-hydroxylation sites is 1. The Bertz CT molecular complexity index is 1120. The summed E-state index contributed by atoms with van der Waals surface area (Å²) in [6, 6.07) is 23.0. The summed E-state index contributed by atoms with van der Waals surface area (Å²) < 4.78 is 6.76. The van der Waals surface area contributed by atoms with Crippen LogP contribution in [0.3, 0.4) is 0 Å². The summed E-state index contributed by atoms with van der Waals surface area (Å²) in [5.41, 5.74) is 3.24. The van der Waals surface area contributed by atoms with Crippen LogP contribution in [0.15, 0.2) is 83.9 Å². The van der Waals surface area contributed by atoms with Gasteiger partial charge in [-0.15, -0.1) is 0 Å². The molecule has 4 rings (SSSR count). The number of rotatable bonds is 5. The molecule has 0 amide bonds. The highest BCUT2D eigenvalue weighted by molar-refractivity contribution is 5.90. The van der Waals surface area contributed by atoms with E-state index < -0.39 is 0 Å². The second-order valence-electron chi connectivity index (χ2n) is 6.16. The molecule has 0 radical (unpaired) electrons. The van der Waals surface area contributed by atoms with Gasteiger partial charge in [0.05, 0.1) is 23.7 Å². The summed E-state index contributed by atoms with van der Waals surface area (Å²) in [7, 11) is 1.65. The average Bonchev–Trinajstić information content (AvgIpc) is 2.73. The molecule has 0 saturated heterocycles. The van der Waals surface area contributed by atoms with Crippen molar-refractivity contribution >= 4 is 16.6 Å². The van der Waals surface area contributed by atoms with Gasteiger partial charge in [-0.1, -0.05) is 36.4 Å². The van der Waals surface area contributed by atoms with Crippen LogP contribution in [0.1, 0.15) is 5.56 Å². The molecule has 5 heteroatoms. The Morgan fingerprint density at radius 3 is 2.48 bits per heavy atom. The first-order valence-electron chi connectivity index (χ1n) is 8.69. The first-order valence-corrected chi connectivity index (χ1v) is 8.69. The fraction of sp³-hybridized carbons (Fsp3) is 0.0909. The molecular formula is C22H19N3O2. The van der Waals surface area contributed by atoms with Crippen molar-refractivity contribution in [3.05, 3.63) is 95.0 Å². The summed E-state index contributed by atoms with van der Waals surface area (Å²) in [4.78, 5) is 17.6. The van der Waals surface area contributed by atoms with Crippen LogP contribution in [0, 0.1) is 0 Å². The molecule has 0 fully saturated rings. The van der Waals surface area contributed by atoms with Gasteiger partial charge in [-0.25, -0.2) is 4.98 Å². The lowest BCUT2D eigenvalue weighted by atomic mass is 10.1. The maximum Gasteiger partial charge on any atom is 0.267 e. The molecule has 0 spiro atoms. The second-order valence-corrected chi connectivity index (χ2v) is 6.16. The van der Waals surface area contributed by atoms with Crippen LogP contribution in [0.4, 0.5) is 5.69 Å². The number of ether oxygens (including phenoxy) is 1. The zero-order valence-corrected chi connectivity index (χ0v) is 14.9. The molecule has 3 aromatic carbocycles. The number of fused-ring (bicyclic) bond motifs is 1. The van der Waals surface area contributed by atoms with Crippen molar-refractivity contribution in [2.75, 3.05) is 12.4 Å². The highest BCUT2D eigenvalue weighted by Gasteiger charge is 2.10. The number of nitrogens with zero attached hydrogens (tertiary/aromatic N) is 2. The molecule has 0 aliphatic rings. The van der Waals surface area contributed by atoms with E-state index in [1.807, 2.05) is 72.8 Å². The largest absolute Gasteiger partial charge is 0.497 e. The van der Waals surface area contributed by atoms with Crippen molar-refractivity contribution in [2.45, 2.75) is 6.54 Å². The van der Waals surface area contributed by atoms with Gasteiger partial charge in [0.15, 0.2) is 0 Å². The SMILES string of the molecule is COc1ccc(CNc2cccc3ncn(-c4ccccc4)c(=O)c23)cc1. The molecule has 0 aliphatic heterocycles. The first-order chi connectivity index (χ1) is 13.3. The summed E-state index contributed by atoms with van der Waals surface area (Å²) in [6.07, 6.45) is 1.58. The predicted octanol–water partition coefficient (Wildman–Crippen LogP) is 4.01. The van der Waals surface area contributed by atoms with Gasteiger partial charge in [-0.05, 0) is 42.0 Å². The standard InChI is InChI=1S/C22H19N3O2/c1-27-18-12-10-16(11-13-18)14-23-19-8-5-9-20-21(19)22(26)25(15-24-20)17-6-3-2-4-7-17/h2-13,15,23H,14H2,1H3. The van der Waals surface area contributed by atoms with Gasteiger partial charge in [0.25, 0.3) is 5.56 Å². The highest BCUT2D eigenvalue weighted by Crippen LogP contribution is 2.20. The Balaban J connectivity index is 1.71. The van der Waals surface area contributed by atoms with E-state index >= 15 is 0 Å². The minimum absolute atomic E-state index is 0.0935. The van der Waals surface area contributed by atoms with Crippen molar-refractivity contribution in [1.29, 1.82) is 0 Å². The maximum absolute atomic E-state index is 13.1. The predicted molar refractivity (Wildman–Crippen MR) is 108 cm³/mol. The number of hydrogen-bond acceptors (Lipinski definition) is 4. The number of nitrogens with one attached hydrogen (secondary N) is 1. The first kappa shape index (κ1) is 16.8. The number of anilines is 1. The molecule has 5 nitrogen and oxygen atoms in total. The monoisotopic (exact) mass is 357 g/mol. The van der Waals surface area contributed by atoms with Gasteiger partial charge in [-0.2, -0.15) is 0 Å². The average molecular weight is 357 g/mol. The Labute approximate surface area is 156 Å². The topological polar surface area (TPSA) is 56.1 Å². The highest BCUT2D eigenvalue weighted by atomic mass is 16.5. The van der Waals surface area contributed by atoms with E-state index in [0.29, 0.717) is 17.4 Å². The third kappa shape index (κ3) is 3.40. The Morgan fingerprint density at radius 1 is 0.963 bits per heavy atom. The van der Waals surface area contributed by atoms with Crippen LogP contribution < -0.4 is 15.6 Å². The van der Waals surface area contributed by atoms with Crippen LogP contribution in [-0.2, 0) is 6.54 Å². The molecule has 4 aromatic rings. The van der Waals surface area contributed by atoms with Crippen LogP contribution in [-0.4, -0.2) is 16.7 Å². The third-order valence-electron chi connectivity index (χ3n) is 4.46. The van der Waals surface area contributed by atoms with Gasteiger partial charge >= 0.3 is 0 Å². The van der Waals surface area contributed by atoms with Gasteiger partial charge < -0.3 is 10.1 Å². The van der Waals surface area contributed by atoms with Crippen LogP contribution in [0.2, 0.25) is 0 Å². The fourth-order valence-corrected chi connectivity index (χ4v) is 3.03. The van der Waals surface area contributed by atoms with Crippen molar-refractivity contribution in [1.82, 2.24) is 9.55 Å². The molecule has 0 unspecified atom stereocenters. The maximum atomic E-state index is 13.1. The van der Waals surface area contributed by atoms with Gasteiger partial charge in [0.1, 0.15) is 12.1 Å². The fourth-order valence-electron chi connectivity index (χ4n) is 3.03. The zero-order chi connectivity index (χ0) is 18.6. The van der Waals surface area contributed by atoms with Crippen LogP contribution in [0.5, 0.6) is 5.75 Å². The van der Waals surface area contributed by atoms with Crippen molar-refractivity contribution in [2.24, 2.45) is 0 Å². The lowest BCUT2D eigenvalue weighted by Gasteiger charge is -2.12. The molecule has 0 bridgehead atoms. The van der Waals surface area contributed by atoms with E-state index in [-0.39, 0.29) is 5.56 Å². The van der Waals surface area contributed by atoms with Crippen LogP contribution >= 0.6 is 0 Å². The van der Waals surface area contributed by atoms with E-state index in [1.54, 1.807) is 18.0 Å². The molecule has 1 N–H and O–H groups in total. The third-order valence-corrected chi connectivity index (χ3v) is 4.46. The molecule has 0 aliphatic carbocycles. The van der Waals surface area contributed by atoms with Crippen molar-refractivity contribution in [3.63, 3.8) is 0 Å². The summed E-state index contributed by atoms with van der Waals surface area (Å²) in [6.45, 7) is 0.600. The lowest BCUT2D eigenvalue weighted by molar-refractivity contribution is 0.414. The Kier molecular flexibility index (Phi) is 4.58. The molecule has 134 valence electrons. The minimum Gasteiger partial charge on any atom is -0.497 e. The quantitative estimate of drug-likeness (QED) is 0.586. The normalized spacial score (nSPS) is 10.7. The van der Waals surface area contributed by atoms with E-state index in [2.05, 4.69) is 10.3 Å². The molecular weight excluding hydrogens is 338 g/mol. The van der Waals surface area contributed by atoms with Gasteiger partial charge in [0.2, 0.25) is 0 Å². The number of aromatic nitrogens is 2. The van der Waals surface area contributed by atoms with Crippen molar-refractivity contribution in [3.8, 4) is 11.4 Å². The lowest BCUT2D eigenvalue weighted by Crippen LogP contribution is -2.20. The van der Waals surface area contributed by atoms with E-state index in [1.165, 1.54) is 0 Å². The molecule has 0 atom stereocenters. The van der Waals surface area contributed by atoms with Crippen molar-refractivity contribution < 1.29 is 4.74 Å². The summed E-state index contributed by atoms with van der Waals surface area (Å²) >= 11 is 0. The minimum atomic E-state index is -0.0935. The summed E-state index contributed by atoms with van der Waals surface area (Å²) in [5.74, 6) is 0.818. The Hall–Kier alpha value is -3.60. The van der Waals surface area contributed by atoms with E-state index in [9.17, 15) is 4.79 Å². The van der Waals surface area contributed by atoms with Gasteiger partial charge in [-0.3, -0.25) is 9.36 Å². The number of hydrogen-bond donors (Lipinski definition) is 1.